The van der Waals surface area contributed by atoms with Crippen LogP contribution in [-0.2, 0) is 0 Å². The van der Waals surface area contributed by atoms with Crippen molar-refractivity contribution < 1.29 is 0 Å². The molecule has 0 aromatic heterocycles. The second-order valence-electron chi connectivity index (χ2n) is 5.94. The number of nitrogens with one attached hydrogen (secondary N) is 1. The van der Waals surface area contributed by atoms with Crippen LogP contribution in [0.25, 0.3) is 0 Å². The highest BCUT2D eigenvalue weighted by Gasteiger charge is 2.36. The summed E-state index contributed by atoms with van der Waals surface area (Å²) in [6.07, 6.45) is 2.76. The number of piperazine rings is 1. The summed E-state index contributed by atoms with van der Waals surface area (Å²) in [4.78, 5) is 5.10. The molecule has 2 aliphatic rings. The number of hydrogen-bond donors (Lipinski definition) is 1. The van der Waals surface area contributed by atoms with Gasteiger partial charge in [-0.25, -0.2) is 0 Å². The first-order chi connectivity index (χ1) is 9.79. The number of benzene rings is 1. The quantitative estimate of drug-likeness (QED) is 0.920. The van der Waals surface area contributed by atoms with Crippen LogP contribution in [0.15, 0.2) is 24.3 Å². The van der Waals surface area contributed by atoms with E-state index in [1.54, 1.807) is 0 Å². The van der Waals surface area contributed by atoms with Gasteiger partial charge in [-0.2, -0.15) is 0 Å². The standard InChI is InChI=1S/C16H24ClN3/c1-18-12-13-6-7-15(13)19-8-10-20(11-9-19)16-5-3-2-4-14(16)17/h2-5,13,15,18H,6-12H2,1H3. The Morgan fingerprint density at radius 1 is 1.15 bits per heavy atom. The zero-order valence-corrected chi connectivity index (χ0v) is 12.9. The first-order valence-electron chi connectivity index (χ1n) is 7.67. The van der Waals surface area contributed by atoms with Gasteiger partial charge in [-0.3, -0.25) is 4.90 Å². The van der Waals surface area contributed by atoms with Crippen molar-refractivity contribution in [2.45, 2.75) is 18.9 Å². The zero-order chi connectivity index (χ0) is 13.9. The highest BCUT2D eigenvalue weighted by Crippen LogP contribution is 2.33. The first kappa shape index (κ1) is 14.2. The van der Waals surface area contributed by atoms with E-state index in [0.29, 0.717) is 0 Å². The van der Waals surface area contributed by atoms with Gasteiger partial charge < -0.3 is 10.2 Å². The second-order valence-corrected chi connectivity index (χ2v) is 6.34. The number of halogens is 1. The molecule has 1 aliphatic heterocycles. The molecule has 3 rings (SSSR count). The molecule has 1 heterocycles. The van der Waals surface area contributed by atoms with Gasteiger partial charge in [0.1, 0.15) is 0 Å². The fourth-order valence-corrected chi connectivity index (χ4v) is 3.79. The van der Waals surface area contributed by atoms with E-state index in [2.05, 4.69) is 34.3 Å². The highest BCUT2D eigenvalue weighted by atomic mass is 35.5. The largest absolute Gasteiger partial charge is 0.368 e. The smallest absolute Gasteiger partial charge is 0.0639 e. The van der Waals surface area contributed by atoms with E-state index in [9.17, 15) is 0 Å². The summed E-state index contributed by atoms with van der Waals surface area (Å²) in [6, 6.07) is 8.99. The number of nitrogens with zero attached hydrogens (tertiary/aromatic N) is 2. The van der Waals surface area contributed by atoms with E-state index in [4.69, 9.17) is 11.6 Å². The van der Waals surface area contributed by atoms with Crippen LogP contribution < -0.4 is 10.2 Å². The van der Waals surface area contributed by atoms with Crippen molar-refractivity contribution >= 4 is 17.3 Å². The van der Waals surface area contributed by atoms with Crippen molar-refractivity contribution in [3.63, 3.8) is 0 Å². The lowest BCUT2D eigenvalue weighted by atomic mass is 9.78. The maximum atomic E-state index is 6.30. The van der Waals surface area contributed by atoms with Gasteiger partial charge in [-0.05, 0) is 44.5 Å². The Hall–Kier alpha value is -0.770. The molecule has 0 bridgehead atoms. The molecule has 0 radical (unpaired) electrons. The minimum atomic E-state index is 0.802. The Morgan fingerprint density at radius 3 is 2.50 bits per heavy atom. The Labute approximate surface area is 126 Å². The zero-order valence-electron chi connectivity index (χ0n) is 12.2. The number of anilines is 1. The molecule has 1 aromatic rings. The van der Waals surface area contributed by atoms with Crippen molar-refractivity contribution in [2.24, 2.45) is 5.92 Å². The Kier molecular flexibility index (Phi) is 4.49. The van der Waals surface area contributed by atoms with Crippen LogP contribution in [0.2, 0.25) is 5.02 Å². The average Bonchev–Trinajstić information content (AvgIpc) is 2.45. The maximum absolute atomic E-state index is 6.30. The first-order valence-corrected chi connectivity index (χ1v) is 8.05. The minimum Gasteiger partial charge on any atom is -0.368 e. The van der Waals surface area contributed by atoms with Gasteiger partial charge in [0.25, 0.3) is 0 Å². The third kappa shape index (κ3) is 2.80. The Bertz CT molecular complexity index is 443. The molecule has 2 atom stereocenters. The molecular formula is C16H24ClN3. The predicted molar refractivity (Wildman–Crippen MR) is 85.7 cm³/mol. The predicted octanol–water partition coefficient (Wildman–Crippen LogP) is 2.46. The van der Waals surface area contributed by atoms with Gasteiger partial charge in [0.05, 0.1) is 10.7 Å². The van der Waals surface area contributed by atoms with E-state index in [-0.39, 0.29) is 0 Å². The van der Waals surface area contributed by atoms with Crippen LogP contribution in [0.3, 0.4) is 0 Å². The van der Waals surface area contributed by atoms with E-state index in [1.165, 1.54) is 18.5 Å². The van der Waals surface area contributed by atoms with Crippen LogP contribution in [-0.4, -0.2) is 50.7 Å². The molecule has 0 amide bonds. The van der Waals surface area contributed by atoms with Crippen molar-refractivity contribution in [2.75, 3.05) is 44.7 Å². The second kappa shape index (κ2) is 6.33. The van der Waals surface area contributed by atoms with Crippen molar-refractivity contribution in [1.29, 1.82) is 0 Å². The molecule has 2 fully saturated rings. The lowest BCUT2D eigenvalue weighted by Crippen LogP contribution is -2.57. The highest BCUT2D eigenvalue weighted by molar-refractivity contribution is 6.33. The van der Waals surface area contributed by atoms with Gasteiger partial charge in [0, 0.05) is 32.2 Å². The molecule has 1 aromatic carbocycles. The van der Waals surface area contributed by atoms with Gasteiger partial charge in [0.15, 0.2) is 0 Å². The third-order valence-electron chi connectivity index (χ3n) is 4.82. The normalized spacial score (nSPS) is 27.4. The van der Waals surface area contributed by atoms with Crippen LogP contribution in [0, 0.1) is 5.92 Å². The molecule has 2 unspecified atom stereocenters. The SMILES string of the molecule is CNCC1CCC1N1CCN(c2ccccc2Cl)CC1. The molecule has 3 nitrogen and oxygen atoms in total. The number of para-hydroxylation sites is 1. The van der Waals surface area contributed by atoms with E-state index >= 15 is 0 Å². The molecule has 110 valence electrons. The average molecular weight is 294 g/mol. The van der Waals surface area contributed by atoms with Crippen molar-refractivity contribution in [3.8, 4) is 0 Å². The maximum Gasteiger partial charge on any atom is 0.0639 e. The lowest BCUT2D eigenvalue weighted by Gasteiger charge is -2.48. The molecule has 1 saturated carbocycles. The monoisotopic (exact) mass is 293 g/mol. The van der Waals surface area contributed by atoms with Crippen LogP contribution in [0.4, 0.5) is 5.69 Å². The van der Waals surface area contributed by atoms with Crippen LogP contribution >= 0.6 is 11.6 Å². The Balaban J connectivity index is 1.56. The van der Waals surface area contributed by atoms with Gasteiger partial charge in [0.2, 0.25) is 0 Å². The molecule has 1 saturated heterocycles. The topological polar surface area (TPSA) is 18.5 Å². The van der Waals surface area contributed by atoms with Gasteiger partial charge in [-0.1, -0.05) is 23.7 Å². The number of hydrogen-bond acceptors (Lipinski definition) is 3. The molecule has 0 spiro atoms. The van der Waals surface area contributed by atoms with E-state index in [1.807, 2.05) is 12.1 Å². The summed E-state index contributed by atoms with van der Waals surface area (Å²) in [5, 5.41) is 4.20. The Morgan fingerprint density at radius 2 is 1.90 bits per heavy atom. The molecule has 4 heteroatoms. The molecule has 1 aliphatic carbocycles. The van der Waals surface area contributed by atoms with Crippen molar-refractivity contribution in [1.82, 2.24) is 10.2 Å². The summed E-state index contributed by atoms with van der Waals surface area (Å²) in [5.41, 5.74) is 1.19. The lowest BCUT2D eigenvalue weighted by molar-refractivity contribution is 0.0583. The third-order valence-corrected chi connectivity index (χ3v) is 5.14. The van der Waals surface area contributed by atoms with Crippen LogP contribution in [0.5, 0.6) is 0 Å². The summed E-state index contributed by atoms with van der Waals surface area (Å²) in [5.74, 6) is 0.854. The minimum absolute atomic E-state index is 0.802. The van der Waals surface area contributed by atoms with Crippen molar-refractivity contribution in [3.05, 3.63) is 29.3 Å². The summed E-state index contributed by atoms with van der Waals surface area (Å²) >= 11 is 6.30. The van der Waals surface area contributed by atoms with E-state index < -0.39 is 0 Å². The molecular weight excluding hydrogens is 270 g/mol. The van der Waals surface area contributed by atoms with Crippen LogP contribution in [0.1, 0.15) is 12.8 Å². The fraction of sp³-hybridized carbons (Fsp3) is 0.625. The summed E-state index contributed by atoms with van der Waals surface area (Å²) in [6.45, 7) is 5.67. The van der Waals surface area contributed by atoms with Gasteiger partial charge in [-0.15, -0.1) is 0 Å². The van der Waals surface area contributed by atoms with Gasteiger partial charge >= 0.3 is 0 Å². The molecule has 1 N–H and O–H groups in total. The van der Waals surface area contributed by atoms with E-state index in [0.717, 1.165) is 49.7 Å². The summed E-state index contributed by atoms with van der Waals surface area (Å²) in [7, 11) is 2.06. The fourth-order valence-electron chi connectivity index (χ4n) is 3.54. The summed E-state index contributed by atoms with van der Waals surface area (Å²) < 4.78 is 0. The number of rotatable bonds is 4. The molecule has 20 heavy (non-hydrogen) atoms.